The highest BCUT2D eigenvalue weighted by Gasteiger charge is 2.12. The molecule has 0 heterocycles. The van der Waals surface area contributed by atoms with E-state index >= 15 is 0 Å². The van der Waals surface area contributed by atoms with Gasteiger partial charge in [0.25, 0.3) is 0 Å². The van der Waals surface area contributed by atoms with Crippen molar-refractivity contribution < 1.29 is 9.53 Å². The van der Waals surface area contributed by atoms with E-state index in [2.05, 4.69) is 13.0 Å². The van der Waals surface area contributed by atoms with E-state index in [0.717, 1.165) is 28.0 Å². The smallest absolute Gasteiger partial charge is 0.200 e. The molecule has 2 aromatic carbocycles. The quantitative estimate of drug-likeness (QED) is 0.777. The Kier molecular flexibility index (Phi) is 4.23. The minimum absolute atomic E-state index is 0.0221. The molecular formula is C18H20O2. The predicted molar refractivity (Wildman–Crippen MR) is 81.7 cm³/mol. The molecule has 2 aromatic rings. The van der Waals surface area contributed by atoms with E-state index in [0.29, 0.717) is 0 Å². The highest BCUT2D eigenvalue weighted by Crippen LogP contribution is 2.19. The summed E-state index contributed by atoms with van der Waals surface area (Å²) in [4.78, 5) is 12.3. The van der Waals surface area contributed by atoms with E-state index in [4.69, 9.17) is 4.74 Å². The van der Waals surface area contributed by atoms with Gasteiger partial charge in [-0.2, -0.15) is 0 Å². The summed E-state index contributed by atoms with van der Waals surface area (Å²) in [5, 5.41) is 0. The molecule has 0 amide bonds. The summed E-state index contributed by atoms with van der Waals surface area (Å²) in [5.41, 5.74) is 5.14. The molecule has 20 heavy (non-hydrogen) atoms. The number of benzene rings is 2. The van der Waals surface area contributed by atoms with Crippen molar-refractivity contribution in [2.75, 3.05) is 6.61 Å². The lowest BCUT2D eigenvalue weighted by molar-refractivity contribution is 0.0920. The van der Waals surface area contributed by atoms with Gasteiger partial charge in [0.1, 0.15) is 5.75 Å². The number of hydrogen-bond acceptors (Lipinski definition) is 2. The van der Waals surface area contributed by atoms with Crippen molar-refractivity contribution in [1.82, 2.24) is 0 Å². The fraction of sp³-hybridized carbons (Fsp3) is 0.278. The minimum Gasteiger partial charge on any atom is -0.485 e. The maximum absolute atomic E-state index is 12.3. The van der Waals surface area contributed by atoms with Gasteiger partial charge in [-0.3, -0.25) is 4.79 Å². The van der Waals surface area contributed by atoms with Gasteiger partial charge in [0.2, 0.25) is 0 Å². The third-order valence-corrected chi connectivity index (χ3v) is 3.59. The summed E-state index contributed by atoms with van der Waals surface area (Å²) in [6.07, 6.45) is 0. The molecule has 0 atom stereocenters. The SMILES string of the molecule is Cc1cc(C)c(C(=O)COc2ccccc2C)cc1C. The number of aryl methyl sites for hydroxylation is 4. The van der Waals surface area contributed by atoms with Gasteiger partial charge in [0.05, 0.1) is 0 Å². The highest BCUT2D eigenvalue weighted by molar-refractivity contribution is 5.98. The average Bonchev–Trinajstić information content (AvgIpc) is 2.41. The van der Waals surface area contributed by atoms with Crippen molar-refractivity contribution in [2.45, 2.75) is 27.7 Å². The zero-order valence-electron chi connectivity index (χ0n) is 12.5. The number of carbonyl (C=O) groups is 1. The molecule has 0 fully saturated rings. The lowest BCUT2D eigenvalue weighted by Crippen LogP contribution is -2.14. The van der Waals surface area contributed by atoms with E-state index in [1.165, 1.54) is 5.56 Å². The Morgan fingerprint density at radius 3 is 2.25 bits per heavy atom. The molecule has 0 aliphatic rings. The van der Waals surface area contributed by atoms with Crippen molar-refractivity contribution in [1.29, 1.82) is 0 Å². The molecule has 0 unspecified atom stereocenters. The van der Waals surface area contributed by atoms with Crippen LogP contribution >= 0.6 is 0 Å². The Morgan fingerprint density at radius 1 is 0.900 bits per heavy atom. The molecule has 0 N–H and O–H groups in total. The number of ether oxygens (including phenoxy) is 1. The second-order valence-electron chi connectivity index (χ2n) is 5.23. The second kappa shape index (κ2) is 5.91. The Balaban J connectivity index is 2.13. The topological polar surface area (TPSA) is 26.3 Å². The van der Waals surface area contributed by atoms with E-state index in [1.807, 2.05) is 51.1 Å². The molecule has 0 saturated carbocycles. The zero-order chi connectivity index (χ0) is 14.7. The van der Waals surface area contributed by atoms with Crippen molar-refractivity contribution >= 4 is 5.78 Å². The Morgan fingerprint density at radius 2 is 1.55 bits per heavy atom. The van der Waals surface area contributed by atoms with Crippen molar-refractivity contribution in [3.8, 4) is 5.75 Å². The first kappa shape index (κ1) is 14.3. The number of Topliss-reactive ketones (excluding diaryl/α,β-unsaturated/α-hetero) is 1. The van der Waals surface area contributed by atoms with Crippen LogP contribution < -0.4 is 4.74 Å². The van der Waals surface area contributed by atoms with E-state index in [9.17, 15) is 4.79 Å². The first-order valence-electron chi connectivity index (χ1n) is 6.78. The first-order valence-corrected chi connectivity index (χ1v) is 6.78. The molecule has 0 bridgehead atoms. The number of carbonyl (C=O) groups excluding carboxylic acids is 1. The number of hydrogen-bond donors (Lipinski definition) is 0. The zero-order valence-corrected chi connectivity index (χ0v) is 12.5. The number of rotatable bonds is 4. The normalized spacial score (nSPS) is 10.4. The van der Waals surface area contributed by atoms with Crippen LogP contribution in [0.3, 0.4) is 0 Å². The monoisotopic (exact) mass is 268 g/mol. The van der Waals surface area contributed by atoms with Crippen LogP contribution in [-0.2, 0) is 0 Å². The average molecular weight is 268 g/mol. The van der Waals surface area contributed by atoms with Crippen molar-refractivity contribution in [3.05, 3.63) is 64.2 Å². The Labute approximate surface area is 120 Å². The van der Waals surface area contributed by atoms with E-state index in [1.54, 1.807) is 0 Å². The van der Waals surface area contributed by atoms with Crippen LogP contribution in [0.25, 0.3) is 0 Å². The number of ketones is 1. The predicted octanol–water partition coefficient (Wildman–Crippen LogP) is 4.18. The molecule has 2 heteroatoms. The summed E-state index contributed by atoms with van der Waals surface area (Å²) in [6, 6.07) is 11.7. The van der Waals surface area contributed by atoms with Crippen molar-refractivity contribution in [2.24, 2.45) is 0 Å². The molecule has 0 radical (unpaired) electrons. The maximum Gasteiger partial charge on any atom is 0.200 e. The van der Waals surface area contributed by atoms with Crippen LogP contribution in [0.1, 0.15) is 32.6 Å². The van der Waals surface area contributed by atoms with Crippen LogP contribution in [0, 0.1) is 27.7 Å². The summed E-state index contributed by atoms with van der Waals surface area (Å²) < 4.78 is 5.63. The largest absolute Gasteiger partial charge is 0.485 e. The molecule has 0 aliphatic carbocycles. The van der Waals surface area contributed by atoms with Crippen LogP contribution in [0.2, 0.25) is 0 Å². The fourth-order valence-corrected chi connectivity index (χ4v) is 2.20. The standard InChI is InChI=1S/C18H20O2/c1-12-7-5-6-8-18(12)20-11-17(19)16-10-14(3)13(2)9-15(16)4/h5-10H,11H2,1-4H3. The summed E-state index contributed by atoms with van der Waals surface area (Å²) >= 11 is 0. The highest BCUT2D eigenvalue weighted by atomic mass is 16.5. The molecule has 0 aliphatic heterocycles. The molecule has 104 valence electrons. The summed E-state index contributed by atoms with van der Waals surface area (Å²) in [5.74, 6) is 0.788. The first-order chi connectivity index (χ1) is 9.49. The van der Waals surface area contributed by atoms with Crippen LogP contribution in [0.5, 0.6) is 5.75 Å². The van der Waals surface area contributed by atoms with E-state index in [-0.39, 0.29) is 12.4 Å². The van der Waals surface area contributed by atoms with Gasteiger partial charge in [0, 0.05) is 5.56 Å². The fourth-order valence-electron chi connectivity index (χ4n) is 2.20. The van der Waals surface area contributed by atoms with Gasteiger partial charge < -0.3 is 4.74 Å². The van der Waals surface area contributed by atoms with Crippen LogP contribution in [0.4, 0.5) is 0 Å². The van der Waals surface area contributed by atoms with Gasteiger partial charge in [-0.1, -0.05) is 24.3 Å². The molecule has 0 saturated heterocycles. The van der Waals surface area contributed by atoms with Gasteiger partial charge in [-0.25, -0.2) is 0 Å². The maximum atomic E-state index is 12.3. The van der Waals surface area contributed by atoms with Crippen molar-refractivity contribution in [3.63, 3.8) is 0 Å². The van der Waals surface area contributed by atoms with Crippen LogP contribution in [-0.4, -0.2) is 12.4 Å². The Hall–Kier alpha value is -2.09. The van der Waals surface area contributed by atoms with E-state index < -0.39 is 0 Å². The lowest BCUT2D eigenvalue weighted by Gasteiger charge is -2.11. The number of para-hydroxylation sites is 1. The van der Waals surface area contributed by atoms with Gasteiger partial charge in [0.15, 0.2) is 12.4 Å². The third-order valence-electron chi connectivity index (χ3n) is 3.59. The molecule has 0 aromatic heterocycles. The van der Waals surface area contributed by atoms with Gasteiger partial charge in [-0.05, 0) is 62.1 Å². The molecule has 0 spiro atoms. The molecular weight excluding hydrogens is 248 g/mol. The Bertz CT molecular complexity index is 642. The summed E-state index contributed by atoms with van der Waals surface area (Å²) in [7, 11) is 0. The molecule has 2 nitrogen and oxygen atoms in total. The van der Waals surface area contributed by atoms with Gasteiger partial charge >= 0.3 is 0 Å². The lowest BCUT2D eigenvalue weighted by atomic mass is 9.98. The molecule has 2 rings (SSSR count). The van der Waals surface area contributed by atoms with Gasteiger partial charge in [-0.15, -0.1) is 0 Å². The summed E-state index contributed by atoms with van der Waals surface area (Å²) in [6.45, 7) is 8.09. The van der Waals surface area contributed by atoms with Crippen LogP contribution in [0.15, 0.2) is 36.4 Å². The minimum atomic E-state index is 0.0221. The third kappa shape index (κ3) is 3.08. The second-order valence-corrected chi connectivity index (χ2v) is 5.23.